The van der Waals surface area contributed by atoms with E-state index in [-0.39, 0.29) is 25.7 Å². The quantitative estimate of drug-likeness (QED) is 0.0274. The molecule has 55 heavy (non-hydrogen) atoms. The summed E-state index contributed by atoms with van der Waals surface area (Å²) >= 11 is 0. The Hall–Kier alpha value is -1.28. The van der Waals surface area contributed by atoms with Gasteiger partial charge in [0.15, 0.2) is 0 Å². The van der Waals surface area contributed by atoms with Crippen molar-refractivity contribution in [3.63, 3.8) is 0 Å². The minimum absolute atomic E-state index is 0.0739. The van der Waals surface area contributed by atoms with E-state index in [0.29, 0.717) is 6.42 Å². The smallest absolute Gasteiger partial charge is 0.387 e. The number of aliphatic hydroxyl groups is 1. The maximum atomic E-state index is 12.8. The predicted octanol–water partition coefficient (Wildman–Crippen LogP) is 13.1. The molecule has 0 fully saturated rings. The maximum absolute atomic E-state index is 12.8. The van der Waals surface area contributed by atoms with E-state index in [0.717, 1.165) is 38.5 Å². The fourth-order valence-corrected chi connectivity index (χ4v) is 7.43. The number of phosphoric acid groups is 1. The van der Waals surface area contributed by atoms with Crippen LogP contribution in [0.25, 0.3) is 0 Å². The number of hydrogen-bond acceptors (Lipinski definition) is 6. The predicted molar refractivity (Wildman–Crippen MR) is 235 cm³/mol. The van der Waals surface area contributed by atoms with E-state index >= 15 is 0 Å². The molecule has 0 aliphatic rings. The number of unbranched alkanes of at least 4 members (excludes halogenated alkanes) is 27. The Morgan fingerprint density at radius 1 is 0.582 bits per heavy atom. The van der Waals surface area contributed by atoms with E-state index in [2.05, 4.69) is 43.5 Å². The Labute approximate surface area is 340 Å². The number of nitrogens with two attached hydrogens (primary N) is 1. The van der Waals surface area contributed by atoms with Gasteiger partial charge in [-0.15, -0.1) is 0 Å². The summed E-state index contributed by atoms with van der Waals surface area (Å²) in [7, 11) is -4.35. The Balaban J connectivity index is 4.21. The molecule has 0 aliphatic carbocycles. The van der Waals surface area contributed by atoms with Crippen LogP contribution in [0.15, 0.2) is 36.5 Å². The highest BCUT2D eigenvalue weighted by Crippen LogP contribution is 2.43. The third-order valence-corrected chi connectivity index (χ3v) is 11.2. The van der Waals surface area contributed by atoms with Gasteiger partial charge in [0.25, 0.3) is 0 Å². The number of carbonyl (C=O) groups is 1. The summed E-state index contributed by atoms with van der Waals surface area (Å²) in [6, 6.07) is -0.877. The molecule has 0 aromatic carbocycles. The van der Waals surface area contributed by atoms with Crippen molar-refractivity contribution in [2.75, 3.05) is 19.8 Å². The van der Waals surface area contributed by atoms with E-state index in [1.807, 2.05) is 6.08 Å². The summed E-state index contributed by atoms with van der Waals surface area (Å²) < 4.78 is 22.1. The largest absolute Gasteiger partial charge is 0.472 e. The van der Waals surface area contributed by atoms with Gasteiger partial charge in [-0.25, -0.2) is 4.57 Å². The Morgan fingerprint density at radius 2 is 0.964 bits per heavy atom. The van der Waals surface area contributed by atoms with Crippen molar-refractivity contribution in [1.29, 1.82) is 0 Å². The van der Waals surface area contributed by atoms with Crippen LogP contribution in [-0.2, 0) is 18.4 Å². The lowest BCUT2D eigenvalue weighted by Gasteiger charge is -2.23. The van der Waals surface area contributed by atoms with Crippen molar-refractivity contribution >= 4 is 13.7 Å². The molecule has 0 heterocycles. The average Bonchev–Trinajstić information content (AvgIpc) is 3.17. The van der Waals surface area contributed by atoms with Gasteiger partial charge in [0.05, 0.1) is 25.4 Å². The number of allylic oxidation sites excluding steroid dienone is 5. The molecule has 0 aromatic rings. The summed E-state index contributed by atoms with van der Waals surface area (Å²) in [5.41, 5.74) is 5.38. The van der Waals surface area contributed by atoms with Crippen molar-refractivity contribution < 1.29 is 28.4 Å². The average molecular weight is 797 g/mol. The molecule has 324 valence electrons. The normalized spacial score (nSPS) is 14.3. The first-order valence-corrected chi connectivity index (χ1v) is 24.6. The first kappa shape index (κ1) is 53.7. The van der Waals surface area contributed by atoms with Crippen molar-refractivity contribution in [2.45, 2.75) is 231 Å². The van der Waals surface area contributed by atoms with Crippen LogP contribution in [0.5, 0.6) is 0 Å². The van der Waals surface area contributed by atoms with E-state index < -0.39 is 20.0 Å². The summed E-state index contributed by atoms with van der Waals surface area (Å²) in [6.45, 7) is 4.12. The Morgan fingerprint density at radius 3 is 1.40 bits per heavy atom. The van der Waals surface area contributed by atoms with Gasteiger partial charge in [0, 0.05) is 13.0 Å². The van der Waals surface area contributed by atoms with Crippen LogP contribution in [0.2, 0.25) is 0 Å². The molecule has 0 spiro atoms. The molecule has 0 rings (SSSR count). The van der Waals surface area contributed by atoms with E-state index in [1.165, 1.54) is 161 Å². The number of aliphatic hydroxyl groups excluding tert-OH is 1. The van der Waals surface area contributed by atoms with Crippen molar-refractivity contribution in [2.24, 2.45) is 5.73 Å². The number of rotatable bonds is 43. The van der Waals surface area contributed by atoms with Crippen molar-refractivity contribution in [1.82, 2.24) is 5.32 Å². The van der Waals surface area contributed by atoms with Crippen LogP contribution in [0.3, 0.4) is 0 Å². The third-order valence-electron chi connectivity index (χ3n) is 10.2. The molecule has 8 nitrogen and oxygen atoms in total. The highest BCUT2D eigenvalue weighted by Gasteiger charge is 2.26. The first-order valence-electron chi connectivity index (χ1n) is 23.1. The molecule has 3 atom stereocenters. The van der Waals surface area contributed by atoms with Crippen LogP contribution < -0.4 is 11.1 Å². The molecular formula is C46H89N2O6P. The van der Waals surface area contributed by atoms with Crippen LogP contribution in [0.1, 0.15) is 219 Å². The van der Waals surface area contributed by atoms with Crippen molar-refractivity contribution in [3.8, 4) is 0 Å². The van der Waals surface area contributed by atoms with Gasteiger partial charge in [0.1, 0.15) is 0 Å². The number of nitrogens with one attached hydrogen (secondary N) is 1. The molecule has 5 N–H and O–H groups in total. The van der Waals surface area contributed by atoms with Crippen LogP contribution in [0.4, 0.5) is 0 Å². The first-order chi connectivity index (χ1) is 26.9. The van der Waals surface area contributed by atoms with E-state index in [1.54, 1.807) is 6.08 Å². The zero-order valence-electron chi connectivity index (χ0n) is 35.9. The number of amides is 1. The molecule has 1 amide bonds. The van der Waals surface area contributed by atoms with Gasteiger partial charge in [-0.1, -0.05) is 192 Å². The Bertz CT molecular complexity index is 959. The molecular weight excluding hydrogens is 707 g/mol. The highest BCUT2D eigenvalue weighted by atomic mass is 31.2. The van der Waals surface area contributed by atoms with Gasteiger partial charge in [0.2, 0.25) is 5.91 Å². The standard InChI is InChI=1S/C46H89N2O6P/c1-3-5-7-9-11-13-15-17-19-21-22-24-26-28-30-32-34-36-38-40-46(50)48-44(43-54-55(51,52)53-42-41-47)45(49)39-37-35-33-31-29-27-25-23-20-18-16-14-12-10-8-6-4-2/h17,19,29,31,37,39,44-45,49H,3-16,18,20-28,30,32-36,38,40-43,47H2,1-2H3,(H,48,50)(H,51,52)/b19-17-,31-29+,39-37+. The SMILES string of the molecule is CCCCCCCC/C=C\CCCCCCCCCCCC(=O)NC(COP(=O)(O)OCCN)C(O)/C=C/CC/C=C/CCCCCCCCCCCCC. The van der Waals surface area contributed by atoms with Gasteiger partial charge >= 0.3 is 7.82 Å². The molecule has 0 saturated carbocycles. The second-order valence-electron chi connectivity index (χ2n) is 15.6. The lowest BCUT2D eigenvalue weighted by atomic mass is 10.0. The number of phosphoric ester groups is 1. The maximum Gasteiger partial charge on any atom is 0.472 e. The van der Waals surface area contributed by atoms with Crippen LogP contribution >= 0.6 is 7.82 Å². The minimum Gasteiger partial charge on any atom is -0.387 e. The monoisotopic (exact) mass is 797 g/mol. The molecule has 9 heteroatoms. The molecule has 0 saturated heterocycles. The summed E-state index contributed by atoms with van der Waals surface area (Å²) in [4.78, 5) is 22.7. The van der Waals surface area contributed by atoms with Crippen LogP contribution in [0, 0.1) is 0 Å². The second-order valence-corrected chi connectivity index (χ2v) is 17.1. The third kappa shape index (κ3) is 40.7. The zero-order chi connectivity index (χ0) is 40.3. The topological polar surface area (TPSA) is 131 Å². The fourth-order valence-electron chi connectivity index (χ4n) is 6.67. The van der Waals surface area contributed by atoms with Gasteiger partial charge in [-0.05, 0) is 57.8 Å². The Kier molecular flexibility index (Phi) is 41.3. The molecule has 3 unspecified atom stereocenters. The molecule has 0 bridgehead atoms. The molecule has 0 radical (unpaired) electrons. The second kappa shape index (κ2) is 42.3. The zero-order valence-corrected chi connectivity index (χ0v) is 36.8. The van der Waals surface area contributed by atoms with Gasteiger partial charge in [-0.3, -0.25) is 13.8 Å². The van der Waals surface area contributed by atoms with Gasteiger partial charge < -0.3 is 21.1 Å². The van der Waals surface area contributed by atoms with E-state index in [9.17, 15) is 19.4 Å². The summed E-state index contributed by atoms with van der Waals surface area (Å²) in [5, 5.41) is 13.7. The summed E-state index contributed by atoms with van der Waals surface area (Å²) in [6.07, 6.45) is 50.5. The molecule has 0 aromatic heterocycles. The summed E-state index contributed by atoms with van der Waals surface area (Å²) in [5.74, 6) is -0.205. The number of hydrogen-bond donors (Lipinski definition) is 4. The highest BCUT2D eigenvalue weighted by molar-refractivity contribution is 7.47. The van der Waals surface area contributed by atoms with E-state index in [4.69, 9.17) is 14.8 Å². The molecule has 0 aliphatic heterocycles. The number of carbonyl (C=O) groups excluding carboxylic acids is 1. The van der Waals surface area contributed by atoms with Gasteiger partial charge in [-0.2, -0.15) is 0 Å². The van der Waals surface area contributed by atoms with Crippen LogP contribution in [-0.4, -0.2) is 47.8 Å². The lowest BCUT2D eigenvalue weighted by Crippen LogP contribution is -2.45. The lowest BCUT2D eigenvalue weighted by molar-refractivity contribution is -0.123. The van der Waals surface area contributed by atoms with Crippen molar-refractivity contribution in [3.05, 3.63) is 36.5 Å². The minimum atomic E-state index is -4.35. The fraction of sp³-hybridized carbons (Fsp3) is 0.848.